The Balaban J connectivity index is 2.34. The zero-order valence-corrected chi connectivity index (χ0v) is 11.5. The monoisotopic (exact) mass is 309 g/mol. The summed E-state index contributed by atoms with van der Waals surface area (Å²) in [7, 11) is 0. The Bertz CT molecular complexity index is 737. The first-order valence-electron chi connectivity index (χ1n) is 5.76. The number of anilines is 1. The molecule has 0 unspecified atom stereocenters. The fraction of sp³-hybridized carbons (Fsp3) is 0.0769. The van der Waals surface area contributed by atoms with Crippen molar-refractivity contribution in [3.63, 3.8) is 0 Å². The van der Waals surface area contributed by atoms with E-state index in [1.807, 2.05) is 0 Å². The first-order valence-corrected chi connectivity index (χ1v) is 6.13. The summed E-state index contributed by atoms with van der Waals surface area (Å²) in [5, 5.41) is 13.0. The van der Waals surface area contributed by atoms with Crippen LogP contribution in [0.5, 0.6) is 0 Å². The van der Waals surface area contributed by atoms with E-state index in [0.717, 1.165) is 18.3 Å². The molecule has 8 heteroatoms. The quantitative estimate of drug-likeness (QED) is 0.535. The third kappa shape index (κ3) is 3.32. The van der Waals surface area contributed by atoms with Gasteiger partial charge in [0.2, 0.25) is 0 Å². The lowest BCUT2D eigenvalue weighted by molar-refractivity contribution is -0.385. The molecule has 1 amide bonds. The van der Waals surface area contributed by atoms with Crippen LogP contribution in [0.3, 0.4) is 0 Å². The largest absolute Gasteiger partial charge is 0.322 e. The van der Waals surface area contributed by atoms with Crippen molar-refractivity contribution < 1.29 is 14.1 Å². The number of amides is 1. The van der Waals surface area contributed by atoms with Gasteiger partial charge in [0, 0.05) is 11.8 Å². The van der Waals surface area contributed by atoms with Crippen LogP contribution in [0.15, 0.2) is 30.5 Å². The van der Waals surface area contributed by atoms with Crippen molar-refractivity contribution in [3.8, 4) is 0 Å². The molecular weight excluding hydrogens is 301 g/mol. The van der Waals surface area contributed by atoms with Crippen LogP contribution in [0.25, 0.3) is 0 Å². The second-order valence-electron chi connectivity index (χ2n) is 4.20. The number of aromatic nitrogens is 1. The molecule has 2 aromatic rings. The summed E-state index contributed by atoms with van der Waals surface area (Å²) >= 11 is 5.76. The van der Waals surface area contributed by atoms with Gasteiger partial charge in [0.25, 0.3) is 11.6 Å². The lowest BCUT2D eigenvalue weighted by Gasteiger charge is -2.09. The standard InChI is InChI=1S/C13H9ClFN3O3/c1-7-2-3-8(15)4-11(7)17-13(19)10-5-9(18(20)21)6-16-12(10)14/h2-6H,1H3,(H,17,19). The average molecular weight is 310 g/mol. The summed E-state index contributed by atoms with van der Waals surface area (Å²) in [6.45, 7) is 1.68. The molecule has 2 rings (SSSR count). The van der Waals surface area contributed by atoms with Gasteiger partial charge in [0.15, 0.2) is 0 Å². The van der Waals surface area contributed by atoms with Gasteiger partial charge in [-0.05, 0) is 24.6 Å². The van der Waals surface area contributed by atoms with Gasteiger partial charge >= 0.3 is 0 Å². The molecule has 6 nitrogen and oxygen atoms in total. The van der Waals surface area contributed by atoms with Crippen molar-refractivity contribution >= 4 is 28.9 Å². The number of hydrogen-bond acceptors (Lipinski definition) is 4. The van der Waals surface area contributed by atoms with Gasteiger partial charge < -0.3 is 5.32 Å². The smallest absolute Gasteiger partial charge is 0.288 e. The number of benzene rings is 1. The molecule has 0 saturated carbocycles. The third-order valence-electron chi connectivity index (χ3n) is 2.73. The maximum absolute atomic E-state index is 13.2. The first kappa shape index (κ1) is 14.9. The topological polar surface area (TPSA) is 85.1 Å². The van der Waals surface area contributed by atoms with Crippen LogP contribution in [-0.2, 0) is 0 Å². The summed E-state index contributed by atoms with van der Waals surface area (Å²) in [6, 6.07) is 4.91. The van der Waals surface area contributed by atoms with Crippen LogP contribution in [0.1, 0.15) is 15.9 Å². The number of hydrogen-bond donors (Lipinski definition) is 1. The van der Waals surface area contributed by atoms with E-state index in [1.165, 1.54) is 12.1 Å². The van der Waals surface area contributed by atoms with E-state index in [-0.39, 0.29) is 22.1 Å². The number of nitro groups is 1. The van der Waals surface area contributed by atoms with Gasteiger partial charge in [-0.1, -0.05) is 17.7 Å². The Labute approximate surface area is 123 Å². The average Bonchev–Trinajstić information content (AvgIpc) is 2.43. The van der Waals surface area contributed by atoms with Crippen molar-refractivity contribution in [2.45, 2.75) is 6.92 Å². The Morgan fingerprint density at radius 1 is 1.43 bits per heavy atom. The molecule has 0 radical (unpaired) electrons. The molecule has 0 spiro atoms. The van der Waals surface area contributed by atoms with Gasteiger partial charge in [0.1, 0.15) is 17.2 Å². The molecule has 1 N–H and O–H groups in total. The van der Waals surface area contributed by atoms with Crippen LogP contribution in [0.2, 0.25) is 5.15 Å². The predicted octanol–water partition coefficient (Wildman–Crippen LogP) is 3.34. The van der Waals surface area contributed by atoms with Gasteiger partial charge in [0.05, 0.1) is 10.5 Å². The second kappa shape index (κ2) is 5.84. The van der Waals surface area contributed by atoms with Crippen LogP contribution in [0.4, 0.5) is 15.8 Å². The lowest BCUT2D eigenvalue weighted by atomic mass is 10.2. The van der Waals surface area contributed by atoms with Gasteiger partial charge in [-0.25, -0.2) is 9.37 Å². The Morgan fingerprint density at radius 2 is 2.14 bits per heavy atom. The highest BCUT2D eigenvalue weighted by molar-refractivity contribution is 6.33. The summed E-state index contributed by atoms with van der Waals surface area (Å²) in [6.07, 6.45) is 0.951. The van der Waals surface area contributed by atoms with Gasteiger partial charge in [-0.15, -0.1) is 0 Å². The highest BCUT2D eigenvalue weighted by atomic mass is 35.5. The molecule has 0 aliphatic heterocycles. The number of nitrogens with one attached hydrogen (secondary N) is 1. The van der Waals surface area contributed by atoms with E-state index in [1.54, 1.807) is 6.92 Å². The zero-order valence-electron chi connectivity index (χ0n) is 10.8. The van der Waals surface area contributed by atoms with Gasteiger partial charge in [-0.2, -0.15) is 0 Å². The maximum atomic E-state index is 13.2. The molecule has 0 fully saturated rings. The summed E-state index contributed by atoms with van der Waals surface area (Å²) in [5.74, 6) is -1.22. The van der Waals surface area contributed by atoms with Crippen LogP contribution >= 0.6 is 11.6 Å². The number of rotatable bonds is 3. The molecular formula is C13H9ClFN3O3. The molecule has 0 atom stereocenters. The maximum Gasteiger partial charge on any atom is 0.288 e. The number of pyridine rings is 1. The predicted molar refractivity (Wildman–Crippen MR) is 75.0 cm³/mol. The molecule has 0 aliphatic carbocycles. The number of nitrogens with zero attached hydrogens (tertiary/aromatic N) is 2. The number of halogens is 2. The minimum absolute atomic E-state index is 0.158. The minimum Gasteiger partial charge on any atom is -0.322 e. The number of carbonyl (C=O) groups excluding carboxylic acids is 1. The van der Waals surface area contributed by atoms with Crippen molar-refractivity contribution in [1.82, 2.24) is 4.98 Å². The second-order valence-corrected chi connectivity index (χ2v) is 4.56. The van der Waals surface area contributed by atoms with Crippen molar-refractivity contribution in [2.75, 3.05) is 5.32 Å². The Morgan fingerprint density at radius 3 is 2.81 bits per heavy atom. The number of aryl methyl sites for hydroxylation is 1. The summed E-state index contributed by atoms with van der Waals surface area (Å²) in [5.41, 5.74) is 0.372. The molecule has 21 heavy (non-hydrogen) atoms. The molecule has 0 bridgehead atoms. The third-order valence-corrected chi connectivity index (χ3v) is 3.03. The molecule has 108 valence electrons. The fourth-order valence-electron chi connectivity index (χ4n) is 1.61. The van der Waals surface area contributed by atoms with E-state index in [2.05, 4.69) is 10.3 Å². The van der Waals surface area contributed by atoms with E-state index in [0.29, 0.717) is 5.56 Å². The van der Waals surface area contributed by atoms with E-state index < -0.39 is 16.6 Å². The molecule has 1 aromatic heterocycles. The Kier molecular flexibility index (Phi) is 4.13. The van der Waals surface area contributed by atoms with E-state index in [9.17, 15) is 19.3 Å². The van der Waals surface area contributed by atoms with E-state index >= 15 is 0 Å². The van der Waals surface area contributed by atoms with Crippen molar-refractivity contribution in [1.29, 1.82) is 0 Å². The molecule has 1 aromatic carbocycles. The van der Waals surface area contributed by atoms with Gasteiger partial charge in [-0.3, -0.25) is 14.9 Å². The highest BCUT2D eigenvalue weighted by Gasteiger charge is 2.18. The van der Waals surface area contributed by atoms with E-state index in [4.69, 9.17) is 11.6 Å². The van der Waals surface area contributed by atoms with Crippen LogP contribution in [0, 0.1) is 22.9 Å². The summed E-state index contributed by atoms with van der Waals surface area (Å²) in [4.78, 5) is 25.7. The lowest BCUT2D eigenvalue weighted by Crippen LogP contribution is -2.14. The SMILES string of the molecule is Cc1ccc(F)cc1NC(=O)c1cc([N+](=O)[O-])cnc1Cl. The normalized spacial score (nSPS) is 10.2. The van der Waals surface area contributed by atoms with Crippen molar-refractivity contribution in [3.05, 3.63) is 62.7 Å². The highest BCUT2D eigenvalue weighted by Crippen LogP contribution is 2.22. The minimum atomic E-state index is -0.704. The zero-order chi connectivity index (χ0) is 15.6. The Hall–Kier alpha value is -2.54. The number of carbonyl (C=O) groups is 1. The van der Waals surface area contributed by atoms with Crippen molar-refractivity contribution in [2.24, 2.45) is 0 Å². The molecule has 0 aliphatic rings. The first-order chi connectivity index (χ1) is 9.88. The van der Waals surface area contributed by atoms with Crippen LogP contribution in [-0.4, -0.2) is 15.8 Å². The molecule has 1 heterocycles. The van der Waals surface area contributed by atoms with Crippen LogP contribution < -0.4 is 5.32 Å². The fourth-order valence-corrected chi connectivity index (χ4v) is 1.80. The molecule has 0 saturated heterocycles. The summed E-state index contributed by atoms with van der Waals surface area (Å²) < 4.78 is 13.2.